The SMILES string of the molecule is CCOP1(=O)N=C(CF)N(CC(C)(C)CCC(NC(=O)OC(C)(C)C)C(=O)OC(C)(C)C)P(=O)(OCC)C1(C)C. The molecule has 40 heavy (non-hydrogen) atoms. The van der Waals surface area contributed by atoms with Crippen LogP contribution in [0.4, 0.5) is 9.18 Å². The highest BCUT2D eigenvalue weighted by atomic mass is 31.2. The zero-order chi connectivity index (χ0) is 31.4. The van der Waals surface area contributed by atoms with Gasteiger partial charge >= 0.3 is 27.1 Å². The summed E-state index contributed by atoms with van der Waals surface area (Å²) in [5.74, 6) is -0.895. The standard InChI is InChI=1S/C26H50FN3O8P2/c1-13-35-39(33)26(11,12)40(34,36-14-2)30(20(17-27)29-39)18-25(9,10)16-15-19(21(31)37-23(3,4)5)28-22(32)38-24(6,7)8/h19H,13-18H2,1-12H3,(H,28,32). The molecule has 0 fully saturated rings. The number of alkyl carbamates (subject to hydrolysis) is 1. The maximum absolute atomic E-state index is 14.5. The first-order valence-corrected chi connectivity index (χ1v) is 16.8. The molecule has 1 rings (SSSR count). The molecule has 0 aromatic rings. The smallest absolute Gasteiger partial charge is 0.408 e. The number of ether oxygens (including phenoxy) is 2. The minimum absolute atomic E-state index is 0.00998. The van der Waals surface area contributed by atoms with Gasteiger partial charge in [-0.3, -0.25) is 13.8 Å². The lowest BCUT2D eigenvalue weighted by molar-refractivity contribution is -0.157. The van der Waals surface area contributed by atoms with Crippen LogP contribution >= 0.6 is 15.0 Å². The van der Waals surface area contributed by atoms with E-state index in [-0.39, 0.29) is 32.0 Å². The van der Waals surface area contributed by atoms with Gasteiger partial charge in [0, 0.05) is 6.54 Å². The van der Waals surface area contributed by atoms with Crippen LogP contribution in [0.3, 0.4) is 0 Å². The second kappa shape index (κ2) is 13.2. The molecule has 0 saturated heterocycles. The van der Waals surface area contributed by atoms with Gasteiger partial charge in [0.1, 0.15) is 29.8 Å². The molecule has 14 heteroatoms. The van der Waals surface area contributed by atoms with Crippen LogP contribution in [0.5, 0.6) is 0 Å². The summed E-state index contributed by atoms with van der Waals surface area (Å²) in [7, 11) is -7.94. The van der Waals surface area contributed by atoms with Gasteiger partial charge in [-0.2, -0.15) is 4.76 Å². The summed E-state index contributed by atoms with van der Waals surface area (Å²) in [6, 6.07) is -1.03. The van der Waals surface area contributed by atoms with Crippen LogP contribution in [-0.4, -0.2) is 71.1 Å². The molecule has 0 aliphatic carbocycles. The van der Waals surface area contributed by atoms with E-state index in [9.17, 15) is 23.1 Å². The fraction of sp³-hybridized carbons (Fsp3) is 0.885. The van der Waals surface area contributed by atoms with Crippen molar-refractivity contribution in [1.82, 2.24) is 9.99 Å². The molecule has 234 valence electrons. The fourth-order valence-corrected chi connectivity index (χ4v) is 10.0. The minimum Gasteiger partial charge on any atom is -0.458 e. The van der Waals surface area contributed by atoms with E-state index in [2.05, 4.69) is 10.1 Å². The van der Waals surface area contributed by atoms with Crippen molar-refractivity contribution in [1.29, 1.82) is 0 Å². The van der Waals surface area contributed by atoms with Gasteiger partial charge in [0.15, 0.2) is 4.90 Å². The number of nitrogens with one attached hydrogen (secondary N) is 1. The molecular weight excluding hydrogens is 563 g/mol. The van der Waals surface area contributed by atoms with Gasteiger partial charge in [-0.25, -0.2) is 14.0 Å². The maximum Gasteiger partial charge on any atom is 0.408 e. The minimum atomic E-state index is -3.99. The number of rotatable bonds is 12. The van der Waals surface area contributed by atoms with Crippen LogP contribution in [0.2, 0.25) is 0 Å². The molecule has 1 heterocycles. The Hall–Kier alpha value is -1.48. The van der Waals surface area contributed by atoms with Crippen molar-refractivity contribution in [3.8, 4) is 0 Å². The number of amides is 1. The molecular formula is C26H50FN3O8P2. The van der Waals surface area contributed by atoms with E-state index in [1.165, 1.54) is 18.5 Å². The monoisotopic (exact) mass is 613 g/mol. The van der Waals surface area contributed by atoms with Gasteiger partial charge < -0.3 is 23.8 Å². The normalized spacial score (nSPS) is 24.2. The summed E-state index contributed by atoms with van der Waals surface area (Å²) in [5, 5.41) is 2.60. The number of nitrogens with zero attached hydrogens (tertiary/aromatic N) is 2. The highest BCUT2D eigenvalue weighted by Crippen LogP contribution is 2.81. The molecule has 1 amide bonds. The molecule has 11 nitrogen and oxygen atoms in total. The Morgan fingerprint density at radius 2 is 1.50 bits per heavy atom. The van der Waals surface area contributed by atoms with E-state index in [0.717, 1.165) is 0 Å². The number of hydrogen-bond donors (Lipinski definition) is 1. The lowest BCUT2D eigenvalue weighted by atomic mass is 9.86. The Bertz CT molecular complexity index is 1030. The van der Waals surface area contributed by atoms with Crippen molar-refractivity contribution < 1.29 is 41.6 Å². The molecule has 0 spiro atoms. The van der Waals surface area contributed by atoms with Gasteiger partial charge in [0.25, 0.3) is 0 Å². The molecule has 1 aliphatic heterocycles. The van der Waals surface area contributed by atoms with Crippen molar-refractivity contribution in [2.24, 2.45) is 10.2 Å². The molecule has 0 radical (unpaired) electrons. The van der Waals surface area contributed by atoms with E-state index in [1.807, 2.05) is 13.8 Å². The average molecular weight is 614 g/mol. The fourth-order valence-electron chi connectivity index (χ4n) is 4.07. The van der Waals surface area contributed by atoms with Crippen molar-refractivity contribution >= 4 is 32.9 Å². The summed E-state index contributed by atoms with van der Waals surface area (Å²) in [6.45, 7) is 19.3. The number of hydrogen-bond acceptors (Lipinski definition) is 8. The van der Waals surface area contributed by atoms with Crippen LogP contribution < -0.4 is 5.32 Å². The van der Waals surface area contributed by atoms with Gasteiger partial charge in [-0.1, -0.05) is 13.8 Å². The largest absolute Gasteiger partial charge is 0.458 e. The Labute approximate surface area is 239 Å². The third-order valence-corrected chi connectivity index (χ3v) is 13.0. The Kier molecular flexibility index (Phi) is 12.1. The van der Waals surface area contributed by atoms with E-state index in [4.69, 9.17) is 18.5 Å². The maximum atomic E-state index is 14.5. The van der Waals surface area contributed by atoms with Crippen molar-refractivity contribution in [3.05, 3.63) is 0 Å². The quantitative estimate of drug-likeness (QED) is 0.184. The number of amidine groups is 1. The topological polar surface area (TPSA) is 133 Å². The number of carbonyl (C=O) groups is 2. The Balaban J connectivity index is 3.35. The van der Waals surface area contributed by atoms with Crippen molar-refractivity contribution in [2.75, 3.05) is 26.4 Å². The number of esters is 1. The van der Waals surface area contributed by atoms with Gasteiger partial charge in [-0.05, 0) is 87.5 Å². The van der Waals surface area contributed by atoms with Gasteiger partial charge in [-0.15, -0.1) is 0 Å². The lowest BCUT2D eigenvalue weighted by Gasteiger charge is -2.48. The highest BCUT2D eigenvalue weighted by Gasteiger charge is 2.63. The predicted molar refractivity (Wildman–Crippen MR) is 155 cm³/mol. The van der Waals surface area contributed by atoms with E-state index in [1.54, 1.807) is 55.4 Å². The van der Waals surface area contributed by atoms with Crippen LogP contribution in [0.15, 0.2) is 4.76 Å². The lowest BCUT2D eigenvalue weighted by Crippen LogP contribution is -2.48. The summed E-state index contributed by atoms with van der Waals surface area (Å²) in [4.78, 5) is 24.0. The third-order valence-electron chi connectivity index (χ3n) is 6.04. The predicted octanol–water partition coefficient (Wildman–Crippen LogP) is 6.91. The average Bonchev–Trinajstić information content (AvgIpc) is 2.75. The molecule has 3 atom stereocenters. The van der Waals surface area contributed by atoms with Crippen molar-refractivity contribution in [3.63, 3.8) is 0 Å². The van der Waals surface area contributed by atoms with Crippen LogP contribution in [-0.2, 0) is 32.4 Å². The first kappa shape index (κ1) is 36.5. The first-order chi connectivity index (χ1) is 18.0. The molecule has 0 saturated carbocycles. The molecule has 0 bridgehead atoms. The zero-order valence-corrected chi connectivity index (χ0v) is 28.0. The third kappa shape index (κ3) is 9.27. The van der Waals surface area contributed by atoms with Crippen LogP contribution in [0.1, 0.15) is 95.9 Å². The summed E-state index contributed by atoms with van der Waals surface area (Å²) in [5.41, 5.74) is -2.26. The highest BCUT2D eigenvalue weighted by molar-refractivity contribution is 7.78. The molecule has 0 aromatic carbocycles. The Morgan fingerprint density at radius 1 is 0.975 bits per heavy atom. The molecule has 1 N–H and O–H groups in total. The van der Waals surface area contributed by atoms with E-state index in [0.29, 0.717) is 6.42 Å². The summed E-state index contributed by atoms with van der Waals surface area (Å²) >= 11 is 0. The van der Waals surface area contributed by atoms with Crippen LogP contribution in [0, 0.1) is 5.41 Å². The second-order valence-corrected chi connectivity index (χ2v) is 18.9. The second-order valence-electron chi connectivity index (χ2n) is 13.0. The molecule has 3 unspecified atom stereocenters. The number of halogens is 1. The van der Waals surface area contributed by atoms with E-state index >= 15 is 0 Å². The number of carbonyl (C=O) groups excluding carboxylic acids is 2. The summed E-state index contributed by atoms with van der Waals surface area (Å²) in [6.07, 6.45) is -0.298. The van der Waals surface area contributed by atoms with E-state index < -0.39 is 61.3 Å². The molecule has 1 aliphatic rings. The van der Waals surface area contributed by atoms with Gasteiger partial charge in [0.05, 0.1) is 13.2 Å². The zero-order valence-electron chi connectivity index (χ0n) is 26.3. The van der Waals surface area contributed by atoms with Crippen LogP contribution in [0.25, 0.3) is 0 Å². The number of alkyl halides is 1. The molecule has 0 aromatic heterocycles. The van der Waals surface area contributed by atoms with Gasteiger partial charge in [0.2, 0.25) is 0 Å². The first-order valence-electron chi connectivity index (χ1n) is 13.6. The van der Waals surface area contributed by atoms with Crippen molar-refractivity contribution in [2.45, 2.75) is 118 Å². The Morgan fingerprint density at radius 3 is 1.95 bits per heavy atom. The summed E-state index contributed by atoms with van der Waals surface area (Å²) < 4.78 is 70.1.